The Morgan fingerprint density at radius 2 is 1.72 bits per heavy atom. The summed E-state index contributed by atoms with van der Waals surface area (Å²) in [6, 6.07) is 19.6. The van der Waals surface area contributed by atoms with Crippen molar-refractivity contribution in [2.45, 2.75) is 45.1 Å². The maximum absolute atomic E-state index is 12.5. The van der Waals surface area contributed by atoms with Crippen molar-refractivity contribution >= 4 is 34.7 Å². The predicted molar refractivity (Wildman–Crippen MR) is 134 cm³/mol. The number of aromatic nitrogens is 1. The van der Waals surface area contributed by atoms with Gasteiger partial charge in [-0.15, -0.1) is 0 Å². The number of aryl methyl sites for hydroxylation is 1. The van der Waals surface area contributed by atoms with Crippen molar-refractivity contribution in [1.82, 2.24) is 10.3 Å². The largest absolute Gasteiger partial charge is 0.354 e. The molecule has 0 bridgehead atoms. The molecule has 0 saturated carbocycles. The fourth-order valence-corrected chi connectivity index (χ4v) is 4.02. The molecule has 0 radical (unpaired) electrons. The van der Waals surface area contributed by atoms with E-state index < -0.39 is 0 Å². The van der Waals surface area contributed by atoms with Gasteiger partial charge < -0.3 is 5.32 Å². The van der Waals surface area contributed by atoms with Gasteiger partial charge in [0.2, 0.25) is 5.91 Å². The summed E-state index contributed by atoms with van der Waals surface area (Å²) in [5.74, 6) is 0.0617. The normalized spacial score (nSPS) is 11.6. The molecule has 1 atom stereocenters. The van der Waals surface area contributed by atoms with Crippen molar-refractivity contribution in [3.63, 3.8) is 0 Å². The lowest BCUT2D eigenvalue weighted by molar-refractivity contribution is -0.121. The molecule has 0 unspecified atom stereocenters. The molecule has 0 spiro atoms. The van der Waals surface area contributed by atoms with E-state index in [1.807, 2.05) is 60.8 Å². The van der Waals surface area contributed by atoms with Gasteiger partial charge in [0.05, 0.1) is 0 Å². The molecule has 32 heavy (non-hydrogen) atoms. The number of amides is 1. The molecule has 3 rings (SSSR count). The second-order valence-corrected chi connectivity index (χ2v) is 8.77. The molecule has 1 heterocycles. The van der Waals surface area contributed by atoms with Gasteiger partial charge in [0.15, 0.2) is 0 Å². The molecule has 0 aliphatic heterocycles. The molecular weight excluding hydrogens is 439 g/mol. The number of benzene rings is 2. The summed E-state index contributed by atoms with van der Waals surface area (Å²) in [6.07, 6.45) is 9.75. The average Bonchev–Trinajstić information content (AvgIpc) is 2.77. The predicted octanol–water partition coefficient (Wildman–Crippen LogP) is 7.13. The molecule has 1 aromatic heterocycles. The summed E-state index contributed by atoms with van der Waals surface area (Å²) in [4.78, 5) is 16.6. The first kappa shape index (κ1) is 24.0. The van der Waals surface area contributed by atoms with Crippen LogP contribution in [-0.2, 0) is 11.2 Å². The van der Waals surface area contributed by atoms with Crippen LogP contribution in [0.3, 0.4) is 0 Å². The summed E-state index contributed by atoms with van der Waals surface area (Å²) >= 11 is 12.4. The lowest BCUT2D eigenvalue weighted by atomic mass is 9.96. The Morgan fingerprint density at radius 3 is 2.31 bits per heavy atom. The molecule has 0 fully saturated rings. The topological polar surface area (TPSA) is 42.0 Å². The van der Waals surface area contributed by atoms with Gasteiger partial charge in [0.25, 0.3) is 0 Å². The average molecular weight is 467 g/mol. The van der Waals surface area contributed by atoms with Crippen LogP contribution in [0.1, 0.15) is 49.3 Å². The van der Waals surface area contributed by atoms with Crippen LogP contribution in [-0.4, -0.2) is 16.9 Å². The van der Waals surface area contributed by atoms with E-state index in [-0.39, 0.29) is 11.9 Å². The number of nitrogens with zero attached hydrogens (tertiary/aromatic N) is 1. The Balaban J connectivity index is 1.55. The standard InChI is InChI=1S/C27H28Cl2N2O/c1-20(7-2-8-21-9-6-16-30-19-21)31-27(32)15-5-14-26(22-10-3-12-24(28)17-22)23-11-4-13-25(29)18-23/h3-4,6,9-14,16-20H,2,5,7-8,15H2,1H3,(H,31,32)/t20-/m1/s1. The summed E-state index contributed by atoms with van der Waals surface area (Å²) in [6.45, 7) is 2.06. The van der Waals surface area contributed by atoms with Crippen molar-refractivity contribution in [2.75, 3.05) is 0 Å². The first-order valence-corrected chi connectivity index (χ1v) is 11.7. The van der Waals surface area contributed by atoms with E-state index in [0.29, 0.717) is 22.9 Å². The third-order valence-electron chi connectivity index (χ3n) is 5.22. The van der Waals surface area contributed by atoms with Gasteiger partial charge in [-0.25, -0.2) is 0 Å². The van der Waals surface area contributed by atoms with Crippen LogP contribution in [0.2, 0.25) is 10.0 Å². The van der Waals surface area contributed by atoms with E-state index in [9.17, 15) is 4.79 Å². The van der Waals surface area contributed by atoms with E-state index >= 15 is 0 Å². The number of halogens is 2. The minimum absolute atomic E-state index is 0.0617. The Kier molecular flexibility index (Phi) is 9.33. The zero-order chi connectivity index (χ0) is 22.8. The lowest BCUT2D eigenvalue weighted by Crippen LogP contribution is -2.32. The number of pyridine rings is 1. The molecule has 0 aliphatic rings. The number of carbonyl (C=O) groups is 1. The highest BCUT2D eigenvalue weighted by Gasteiger charge is 2.09. The van der Waals surface area contributed by atoms with Crippen molar-refractivity contribution in [3.8, 4) is 0 Å². The Morgan fingerprint density at radius 1 is 1.03 bits per heavy atom. The highest BCUT2D eigenvalue weighted by Crippen LogP contribution is 2.28. The second kappa shape index (κ2) is 12.4. The maximum Gasteiger partial charge on any atom is 0.220 e. The zero-order valence-corrected chi connectivity index (χ0v) is 19.7. The number of carbonyl (C=O) groups excluding carboxylic acids is 1. The second-order valence-electron chi connectivity index (χ2n) is 7.90. The van der Waals surface area contributed by atoms with E-state index in [1.54, 1.807) is 6.20 Å². The maximum atomic E-state index is 12.5. The first-order valence-electron chi connectivity index (χ1n) is 10.9. The molecule has 2 aromatic carbocycles. The van der Waals surface area contributed by atoms with Crippen LogP contribution in [0.25, 0.3) is 5.57 Å². The van der Waals surface area contributed by atoms with E-state index in [2.05, 4.69) is 29.4 Å². The molecule has 3 aromatic rings. The molecule has 1 N–H and O–H groups in total. The van der Waals surface area contributed by atoms with Crippen LogP contribution in [0, 0.1) is 0 Å². The van der Waals surface area contributed by atoms with Crippen molar-refractivity contribution in [3.05, 3.63) is 106 Å². The van der Waals surface area contributed by atoms with Crippen molar-refractivity contribution in [1.29, 1.82) is 0 Å². The molecule has 3 nitrogen and oxygen atoms in total. The van der Waals surface area contributed by atoms with Crippen LogP contribution >= 0.6 is 23.2 Å². The summed E-state index contributed by atoms with van der Waals surface area (Å²) in [7, 11) is 0. The van der Waals surface area contributed by atoms with Gasteiger partial charge in [0.1, 0.15) is 0 Å². The van der Waals surface area contributed by atoms with Gasteiger partial charge in [-0.3, -0.25) is 9.78 Å². The molecular formula is C27H28Cl2N2O. The van der Waals surface area contributed by atoms with Crippen molar-refractivity contribution in [2.24, 2.45) is 0 Å². The zero-order valence-electron chi connectivity index (χ0n) is 18.2. The van der Waals surface area contributed by atoms with Gasteiger partial charge in [-0.1, -0.05) is 59.6 Å². The molecule has 0 aliphatic carbocycles. The third kappa shape index (κ3) is 7.81. The highest BCUT2D eigenvalue weighted by molar-refractivity contribution is 6.31. The fraction of sp³-hybridized carbons (Fsp3) is 0.259. The number of allylic oxidation sites excluding steroid dienone is 1. The van der Waals surface area contributed by atoms with Gasteiger partial charge in [0, 0.05) is 34.9 Å². The first-order chi connectivity index (χ1) is 15.5. The Hall–Kier alpha value is -2.62. The van der Waals surface area contributed by atoms with E-state index in [0.717, 1.165) is 36.0 Å². The Labute approximate surface area is 200 Å². The molecule has 166 valence electrons. The van der Waals surface area contributed by atoms with E-state index in [1.165, 1.54) is 5.56 Å². The highest BCUT2D eigenvalue weighted by atomic mass is 35.5. The number of rotatable bonds is 10. The van der Waals surface area contributed by atoms with E-state index in [4.69, 9.17) is 23.2 Å². The molecule has 5 heteroatoms. The SMILES string of the molecule is C[C@H](CCCc1cccnc1)NC(=O)CCC=C(c1cccc(Cl)c1)c1cccc(Cl)c1. The van der Waals surface area contributed by atoms with Crippen LogP contribution < -0.4 is 5.32 Å². The number of nitrogens with one attached hydrogen (secondary N) is 1. The lowest BCUT2D eigenvalue weighted by Gasteiger charge is -2.14. The van der Waals surface area contributed by atoms with Gasteiger partial charge in [-0.05, 0) is 85.2 Å². The molecule has 0 saturated heterocycles. The number of hydrogen-bond donors (Lipinski definition) is 1. The number of hydrogen-bond acceptors (Lipinski definition) is 2. The monoisotopic (exact) mass is 466 g/mol. The van der Waals surface area contributed by atoms with Crippen molar-refractivity contribution < 1.29 is 4.79 Å². The Bertz CT molecular complexity index is 1000. The smallest absolute Gasteiger partial charge is 0.220 e. The molecule has 1 amide bonds. The minimum Gasteiger partial charge on any atom is -0.354 e. The summed E-state index contributed by atoms with van der Waals surface area (Å²) in [5.41, 5.74) is 4.26. The summed E-state index contributed by atoms with van der Waals surface area (Å²) in [5, 5.41) is 4.46. The third-order valence-corrected chi connectivity index (χ3v) is 5.69. The van der Waals surface area contributed by atoms with Crippen LogP contribution in [0.15, 0.2) is 79.1 Å². The van der Waals surface area contributed by atoms with Gasteiger partial charge >= 0.3 is 0 Å². The fourth-order valence-electron chi connectivity index (χ4n) is 3.64. The van der Waals surface area contributed by atoms with Crippen LogP contribution in [0.5, 0.6) is 0 Å². The quantitative estimate of drug-likeness (QED) is 0.345. The van der Waals surface area contributed by atoms with Gasteiger partial charge in [-0.2, -0.15) is 0 Å². The minimum atomic E-state index is 0.0617. The van der Waals surface area contributed by atoms with Crippen LogP contribution in [0.4, 0.5) is 0 Å². The summed E-state index contributed by atoms with van der Waals surface area (Å²) < 4.78 is 0.